The van der Waals surface area contributed by atoms with E-state index in [0.717, 1.165) is 45.9 Å². The van der Waals surface area contributed by atoms with Crippen LogP contribution >= 0.6 is 0 Å². The lowest BCUT2D eigenvalue weighted by Gasteiger charge is -2.16. The van der Waals surface area contributed by atoms with Crippen LogP contribution in [-0.4, -0.2) is 30.6 Å². The van der Waals surface area contributed by atoms with Crippen LogP contribution in [0, 0.1) is 0 Å². The van der Waals surface area contributed by atoms with Crippen LogP contribution in [0.4, 0.5) is 0 Å². The maximum absolute atomic E-state index is 11.3. The third-order valence-corrected chi connectivity index (χ3v) is 4.82. The Kier molecular flexibility index (Phi) is 8.77. The first-order chi connectivity index (χ1) is 14.1. The van der Waals surface area contributed by atoms with Crippen molar-refractivity contribution in [3.63, 3.8) is 0 Å². The number of hydrogen-bond donors (Lipinski definition) is 0. The molecule has 0 aromatic heterocycles. The van der Waals surface area contributed by atoms with E-state index < -0.39 is 0 Å². The topological polar surface area (TPSA) is 93.3 Å². The van der Waals surface area contributed by atoms with E-state index in [-0.39, 0.29) is 30.6 Å². The number of rotatable bonds is 4. The highest BCUT2D eigenvalue weighted by Crippen LogP contribution is 2.34. The average molecular weight is 412 g/mol. The van der Waals surface area contributed by atoms with Crippen molar-refractivity contribution in [1.29, 1.82) is 0 Å². The second-order valence-corrected chi connectivity index (χ2v) is 6.93. The Morgan fingerprint density at radius 1 is 0.733 bits per heavy atom. The summed E-state index contributed by atoms with van der Waals surface area (Å²) in [5.41, 5.74) is 1.92. The number of hydrogen-bond acceptors (Lipinski definition) is 5. The molecule has 0 saturated carbocycles. The van der Waals surface area contributed by atoms with Gasteiger partial charge in [-0.2, -0.15) is 0 Å². The van der Waals surface area contributed by atoms with Crippen LogP contribution < -0.4 is 0 Å². The first-order valence-electron chi connectivity index (χ1n) is 9.83. The zero-order valence-corrected chi connectivity index (χ0v) is 17.4. The van der Waals surface area contributed by atoms with Crippen molar-refractivity contribution in [2.75, 3.05) is 13.2 Å². The Labute approximate surface area is 176 Å². The van der Waals surface area contributed by atoms with Crippen LogP contribution in [0.25, 0.3) is 21.5 Å². The standard InChI is InChI=1S/C20H18O4.C4H8O.H2O/c1-13(21)23-11-19-15-7-3-5-9-17(15)20(12-24-14(2)22)18-10-6-4-8-16(18)19;1-2-4-5-3-1;/h3-10H,11-12H2,1-2H3;1-4H2;1H2. The van der Waals surface area contributed by atoms with E-state index in [1.54, 1.807) is 0 Å². The van der Waals surface area contributed by atoms with Crippen LogP contribution in [0.5, 0.6) is 0 Å². The molecule has 4 rings (SSSR count). The van der Waals surface area contributed by atoms with E-state index in [1.165, 1.54) is 26.7 Å². The van der Waals surface area contributed by atoms with E-state index in [0.29, 0.717) is 0 Å². The smallest absolute Gasteiger partial charge is 0.302 e. The average Bonchev–Trinajstić information content (AvgIpc) is 3.30. The van der Waals surface area contributed by atoms with E-state index in [2.05, 4.69) is 0 Å². The molecule has 2 N–H and O–H groups in total. The van der Waals surface area contributed by atoms with Crippen molar-refractivity contribution < 1.29 is 29.3 Å². The Bertz CT molecular complexity index is 867. The number of carbonyl (C=O) groups is 2. The van der Waals surface area contributed by atoms with Gasteiger partial charge in [-0.15, -0.1) is 0 Å². The second-order valence-electron chi connectivity index (χ2n) is 6.93. The molecule has 1 heterocycles. The zero-order chi connectivity index (χ0) is 20.6. The summed E-state index contributed by atoms with van der Waals surface area (Å²) < 4.78 is 15.5. The van der Waals surface area contributed by atoms with Gasteiger partial charge in [0.15, 0.2) is 0 Å². The van der Waals surface area contributed by atoms with Gasteiger partial charge in [-0.1, -0.05) is 48.5 Å². The molecule has 6 heteroatoms. The van der Waals surface area contributed by atoms with Crippen molar-refractivity contribution in [3.05, 3.63) is 59.7 Å². The predicted molar refractivity (Wildman–Crippen MR) is 116 cm³/mol. The molecule has 1 saturated heterocycles. The third kappa shape index (κ3) is 5.78. The summed E-state index contributed by atoms with van der Waals surface area (Å²) in [6, 6.07) is 15.8. The molecule has 0 radical (unpaired) electrons. The maximum atomic E-state index is 11.3. The van der Waals surface area contributed by atoms with Crippen molar-refractivity contribution in [2.24, 2.45) is 0 Å². The Hall–Kier alpha value is -2.96. The van der Waals surface area contributed by atoms with Crippen molar-refractivity contribution in [2.45, 2.75) is 39.9 Å². The molecular formula is C24H28O6. The summed E-state index contributed by atoms with van der Waals surface area (Å²) in [4.78, 5) is 22.5. The van der Waals surface area contributed by atoms with Gasteiger partial charge >= 0.3 is 11.9 Å². The summed E-state index contributed by atoms with van der Waals surface area (Å²) in [6.07, 6.45) is 2.56. The molecule has 0 atom stereocenters. The monoisotopic (exact) mass is 412 g/mol. The molecule has 0 spiro atoms. The molecule has 1 fully saturated rings. The molecule has 6 nitrogen and oxygen atoms in total. The summed E-state index contributed by atoms with van der Waals surface area (Å²) >= 11 is 0. The fraction of sp³-hybridized carbons (Fsp3) is 0.333. The lowest BCUT2D eigenvalue weighted by atomic mass is 9.92. The number of fused-ring (bicyclic) bond motifs is 2. The lowest BCUT2D eigenvalue weighted by Crippen LogP contribution is -2.04. The molecule has 0 unspecified atom stereocenters. The van der Waals surface area contributed by atoms with Crippen molar-refractivity contribution in [1.82, 2.24) is 0 Å². The normalized spacial score (nSPS) is 12.6. The minimum atomic E-state index is -0.313. The summed E-state index contributed by atoms with van der Waals surface area (Å²) in [5.74, 6) is -0.626. The number of ether oxygens (including phenoxy) is 3. The first-order valence-corrected chi connectivity index (χ1v) is 9.83. The minimum absolute atomic E-state index is 0. The first kappa shape index (κ1) is 23.3. The van der Waals surface area contributed by atoms with Crippen LogP contribution in [0.2, 0.25) is 0 Å². The number of esters is 2. The SMILES string of the molecule is C1CCOC1.CC(=O)OCc1c2ccccc2c(COC(C)=O)c2ccccc12.O. The van der Waals surface area contributed by atoms with E-state index in [9.17, 15) is 9.59 Å². The molecule has 1 aliphatic rings. The van der Waals surface area contributed by atoms with Crippen molar-refractivity contribution >= 4 is 33.5 Å². The van der Waals surface area contributed by atoms with E-state index in [4.69, 9.17) is 14.2 Å². The molecule has 3 aromatic rings. The lowest BCUT2D eigenvalue weighted by molar-refractivity contribution is -0.143. The largest absolute Gasteiger partial charge is 0.461 e. The highest BCUT2D eigenvalue weighted by atomic mass is 16.5. The predicted octanol–water partition coefficient (Wildman–Crippen LogP) is 4.09. The highest BCUT2D eigenvalue weighted by molar-refractivity contribution is 6.05. The van der Waals surface area contributed by atoms with Gasteiger partial charge in [-0.05, 0) is 34.4 Å². The van der Waals surface area contributed by atoms with Crippen LogP contribution in [0.3, 0.4) is 0 Å². The van der Waals surface area contributed by atoms with Gasteiger partial charge in [0.05, 0.1) is 0 Å². The highest BCUT2D eigenvalue weighted by Gasteiger charge is 2.15. The molecule has 3 aromatic carbocycles. The zero-order valence-electron chi connectivity index (χ0n) is 17.4. The Morgan fingerprint density at radius 2 is 1.07 bits per heavy atom. The molecule has 160 valence electrons. The molecule has 0 aliphatic carbocycles. The minimum Gasteiger partial charge on any atom is -0.461 e. The van der Waals surface area contributed by atoms with E-state index >= 15 is 0 Å². The Balaban J connectivity index is 0.000000468. The molecule has 30 heavy (non-hydrogen) atoms. The van der Waals surface area contributed by atoms with Gasteiger partial charge in [0.25, 0.3) is 0 Å². The molecule has 0 bridgehead atoms. The van der Waals surface area contributed by atoms with Crippen LogP contribution in [0.15, 0.2) is 48.5 Å². The van der Waals surface area contributed by atoms with Crippen LogP contribution in [0.1, 0.15) is 37.8 Å². The fourth-order valence-corrected chi connectivity index (χ4v) is 3.48. The van der Waals surface area contributed by atoms with E-state index in [1.807, 2.05) is 48.5 Å². The fourth-order valence-electron chi connectivity index (χ4n) is 3.48. The number of carbonyl (C=O) groups excluding carboxylic acids is 2. The second kappa shape index (κ2) is 11.3. The quantitative estimate of drug-likeness (QED) is 0.475. The molecule has 0 amide bonds. The molecule has 1 aliphatic heterocycles. The summed E-state index contributed by atoms with van der Waals surface area (Å²) in [5, 5.41) is 4.00. The van der Waals surface area contributed by atoms with Gasteiger partial charge in [0.2, 0.25) is 0 Å². The van der Waals surface area contributed by atoms with Crippen LogP contribution in [-0.2, 0) is 37.0 Å². The van der Waals surface area contributed by atoms with Gasteiger partial charge in [-0.25, -0.2) is 0 Å². The van der Waals surface area contributed by atoms with Gasteiger partial charge in [0, 0.05) is 38.2 Å². The number of benzene rings is 3. The Morgan fingerprint density at radius 3 is 1.30 bits per heavy atom. The third-order valence-electron chi connectivity index (χ3n) is 4.82. The summed E-state index contributed by atoms with van der Waals surface area (Å²) in [6.45, 7) is 5.23. The van der Waals surface area contributed by atoms with Crippen molar-refractivity contribution in [3.8, 4) is 0 Å². The van der Waals surface area contributed by atoms with Gasteiger partial charge in [-0.3, -0.25) is 9.59 Å². The maximum Gasteiger partial charge on any atom is 0.302 e. The van der Waals surface area contributed by atoms with Gasteiger partial charge in [0.1, 0.15) is 13.2 Å². The summed E-state index contributed by atoms with van der Waals surface area (Å²) in [7, 11) is 0. The molecular weight excluding hydrogens is 384 g/mol. The van der Waals surface area contributed by atoms with Gasteiger partial charge < -0.3 is 19.7 Å².